The van der Waals surface area contributed by atoms with Gasteiger partial charge in [-0.25, -0.2) is 4.99 Å². The standard InChI is InChI=1S/C20H32N4.HI/c1-5-21-20(23-19-12-8-9-13-19)22-14-17-10-6-7-11-18(17)15-24(4)16(2)3;/h6-11,16,19H,5,12-15H2,1-4H3,(H2,21,22,23);1H. The van der Waals surface area contributed by atoms with Crippen LogP contribution in [0.4, 0.5) is 0 Å². The van der Waals surface area contributed by atoms with Crippen molar-refractivity contribution in [1.29, 1.82) is 0 Å². The summed E-state index contributed by atoms with van der Waals surface area (Å²) in [6.07, 6.45) is 6.64. The molecule has 0 bridgehead atoms. The molecule has 1 aromatic rings. The molecule has 0 aromatic heterocycles. The third-order valence-corrected chi connectivity index (χ3v) is 4.52. The first-order chi connectivity index (χ1) is 11.6. The van der Waals surface area contributed by atoms with E-state index in [4.69, 9.17) is 4.99 Å². The first-order valence-electron chi connectivity index (χ1n) is 9.07. The van der Waals surface area contributed by atoms with Crippen molar-refractivity contribution in [2.45, 2.75) is 58.8 Å². The van der Waals surface area contributed by atoms with Gasteiger partial charge in [-0.05, 0) is 51.8 Å². The molecular formula is C20H33IN4. The first-order valence-corrected chi connectivity index (χ1v) is 9.07. The van der Waals surface area contributed by atoms with E-state index in [2.05, 4.69) is 79.8 Å². The molecule has 25 heavy (non-hydrogen) atoms. The van der Waals surface area contributed by atoms with Crippen LogP contribution in [-0.4, -0.2) is 36.5 Å². The van der Waals surface area contributed by atoms with Crippen LogP contribution in [0.15, 0.2) is 41.4 Å². The van der Waals surface area contributed by atoms with Crippen LogP contribution in [0.5, 0.6) is 0 Å². The minimum Gasteiger partial charge on any atom is -0.357 e. The zero-order chi connectivity index (χ0) is 17.4. The van der Waals surface area contributed by atoms with Crippen LogP contribution >= 0.6 is 24.0 Å². The topological polar surface area (TPSA) is 39.7 Å². The molecule has 0 saturated carbocycles. The number of benzene rings is 1. The van der Waals surface area contributed by atoms with Crippen LogP contribution in [0, 0.1) is 0 Å². The number of nitrogens with zero attached hydrogens (tertiary/aromatic N) is 2. The van der Waals surface area contributed by atoms with Gasteiger partial charge in [0.1, 0.15) is 0 Å². The second kappa shape index (κ2) is 11.5. The molecule has 0 unspecified atom stereocenters. The highest BCUT2D eigenvalue weighted by Crippen LogP contribution is 2.14. The summed E-state index contributed by atoms with van der Waals surface area (Å²) in [7, 11) is 2.17. The predicted octanol–water partition coefficient (Wildman–Crippen LogP) is 3.92. The van der Waals surface area contributed by atoms with Crippen LogP contribution in [0.2, 0.25) is 0 Å². The van der Waals surface area contributed by atoms with Gasteiger partial charge in [-0.3, -0.25) is 4.90 Å². The summed E-state index contributed by atoms with van der Waals surface area (Å²) in [5, 5.41) is 6.89. The van der Waals surface area contributed by atoms with Crippen LogP contribution in [0.3, 0.4) is 0 Å². The molecule has 0 saturated heterocycles. The molecule has 5 heteroatoms. The molecule has 0 spiro atoms. The third kappa shape index (κ3) is 7.36. The monoisotopic (exact) mass is 456 g/mol. The van der Waals surface area contributed by atoms with Gasteiger partial charge in [0.2, 0.25) is 0 Å². The maximum atomic E-state index is 4.81. The summed E-state index contributed by atoms with van der Waals surface area (Å²) in [4.78, 5) is 7.17. The van der Waals surface area contributed by atoms with Gasteiger partial charge in [0.15, 0.2) is 5.96 Å². The number of aliphatic imine (C=N–C) groups is 1. The summed E-state index contributed by atoms with van der Waals surface area (Å²) in [5.41, 5.74) is 2.66. The quantitative estimate of drug-likeness (QED) is 0.283. The number of nitrogens with one attached hydrogen (secondary N) is 2. The lowest BCUT2D eigenvalue weighted by atomic mass is 10.1. The lowest BCUT2D eigenvalue weighted by Crippen LogP contribution is -2.42. The second-order valence-corrected chi connectivity index (χ2v) is 6.76. The number of guanidine groups is 1. The number of hydrogen-bond acceptors (Lipinski definition) is 2. The largest absolute Gasteiger partial charge is 0.357 e. The van der Waals surface area contributed by atoms with E-state index in [1.54, 1.807) is 0 Å². The van der Waals surface area contributed by atoms with E-state index in [1.165, 1.54) is 11.1 Å². The Balaban J connectivity index is 0.00000312. The SMILES string of the molecule is CCNC(=NCc1ccccc1CN(C)C(C)C)NC1CC=CC1.I. The van der Waals surface area contributed by atoms with E-state index in [0.717, 1.165) is 31.9 Å². The molecule has 140 valence electrons. The van der Waals surface area contributed by atoms with Gasteiger partial charge < -0.3 is 10.6 Å². The van der Waals surface area contributed by atoms with E-state index in [9.17, 15) is 0 Å². The Kier molecular flexibility index (Phi) is 10.1. The highest BCUT2D eigenvalue weighted by atomic mass is 127. The number of rotatable bonds is 7. The van der Waals surface area contributed by atoms with E-state index in [0.29, 0.717) is 18.6 Å². The zero-order valence-corrected chi connectivity index (χ0v) is 18.3. The molecule has 4 nitrogen and oxygen atoms in total. The van der Waals surface area contributed by atoms with Crippen molar-refractivity contribution in [3.63, 3.8) is 0 Å². The molecule has 0 aliphatic heterocycles. The molecule has 0 amide bonds. The summed E-state index contributed by atoms with van der Waals surface area (Å²) < 4.78 is 0. The van der Waals surface area contributed by atoms with Gasteiger partial charge in [0.25, 0.3) is 0 Å². The van der Waals surface area contributed by atoms with Crippen molar-refractivity contribution in [3.8, 4) is 0 Å². The Bertz CT molecular complexity index is 561. The van der Waals surface area contributed by atoms with Crippen LogP contribution in [-0.2, 0) is 13.1 Å². The first kappa shape index (κ1) is 22.0. The fourth-order valence-electron chi connectivity index (χ4n) is 2.73. The smallest absolute Gasteiger partial charge is 0.191 e. The van der Waals surface area contributed by atoms with Gasteiger partial charge in [0.05, 0.1) is 6.54 Å². The van der Waals surface area contributed by atoms with E-state index >= 15 is 0 Å². The fourth-order valence-corrected chi connectivity index (χ4v) is 2.73. The van der Waals surface area contributed by atoms with Gasteiger partial charge in [-0.1, -0.05) is 36.4 Å². The summed E-state index contributed by atoms with van der Waals surface area (Å²) in [5.74, 6) is 0.915. The highest BCUT2D eigenvalue weighted by molar-refractivity contribution is 14.0. The maximum absolute atomic E-state index is 4.81. The summed E-state index contributed by atoms with van der Waals surface area (Å²) >= 11 is 0. The number of hydrogen-bond donors (Lipinski definition) is 2. The Morgan fingerprint density at radius 2 is 1.84 bits per heavy atom. The van der Waals surface area contributed by atoms with Gasteiger partial charge in [0, 0.05) is 25.2 Å². The van der Waals surface area contributed by atoms with Crippen molar-refractivity contribution in [2.75, 3.05) is 13.6 Å². The molecule has 0 radical (unpaired) electrons. The van der Waals surface area contributed by atoms with Gasteiger partial charge in [-0.15, -0.1) is 24.0 Å². The molecule has 1 aromatic carbocycles. The van der Waals surface area contributed by atoms with E-state index < -0.39 is 0 Å². The lowest BCUT2D eigenvalue weighted by Gasteiger charge is -2.22. The molecule has 2 rings (SSSR count). The molecule has 0 heterocycles. The average molecular weight is 456 g/mol. The van der Waals surface area contributed by atoms with Gasteiger partial charge >= 0.3 is 0 Å². The van der Waals surface area contributed by atoms with E-state index in [-0.39, 0.29) is 24.0 Å². The summed E-state index contributed by atoms with van der Waals surface area (Å²) in [6.45, 7) is 9.10. The van der Waals surface area contributed by atoms with Crippen molar-refractivity contribution < 1.29 is 0 Å². The van der Waals surface area contributed by atoms with Gasteiger partial charge in [-0.2, -0.15) is 0 Å². The van der Waals surface area contributed by atoms with Crippen LogP contribution in [0.25, 0.3) is 0 Å². The van der Waals surface area contributed by atoms with Crippen molar-refractivity contribution in [3.05, 3.63) is 47.5 Å². The Hall–Kier alpha value is -1.08. The normalized spacial score (nSPS) is 14.9. The predicted molar refractivity (Wildman–Crippen MR) is 119 cm³/mol. The Morgan fingerprint density at radius 1 is 1.20 bits per heavy atom. The fraction of sp³-hybridized carbons (Fsp3) is 0.550. The molecule has 2 N–H and O–H groups in total. The molecule has 1 aliphatic carbocycles. The average Bonchev–Trinajstić information content (AvgIpc) is 3.07. The van der Waals surface area contributed by atoms with Crippen LogP contribution in [0.1, 0.15) is 44.7 Å². The highest BCUT2D eigenvalue weighted by Gasteiger charge is 2.12. The number of halogens is 1. The van der Waals surface area contributed by atoms with Crippen molar-refractivity contribution in [1.82, 2.24) is 15.5 Å². The second-order valence-electron chi connectivity index (χ2n) is 6.76. The van der Waals surface area contributed by atoms with Crippen molar-refractivity contribution in [2.24, 2.45) is 4.99 Å². The minimum atomic E-state index is 0. The molecule has 1 aliphatic rings. The third-order valence-electron chi connectivity index (χ3n) is 4.52. The Labute approximate surface area is 170 Å². The maximum Gasteiger partial charge on any atom is 0.191 e. The zero-order valence-electron chi connectivity index (χ0n) is 16.0. The summed E-state index contributed by atoms with van der Waals surface area (Å²) in [6, 6.07) is 9.63. The van der Waals surface area contributed by atoms with Crippen LogP contribution < -0.4 is 10.6 Å². The Morgan fingerprint density at radius 3 is 2.44 bits per heavy atom. The lowest BCUT2D eigenvalue weighted by molar-refractivity contribution is 0.265. The van der Waals surface area contributed by atoms with Crippen molar-refractivity contribution >= 4 is 29.9 Å². The minimum absolute atomic E-state index is 0. The molecule has 0 fully saturated rings. The molecule has 0 atom stereocenters. The molecular weight excluding hydrogens is 423 g/mol. The van der Waals surface area contributed by atoms with E-state index in [1.807, 2.05) is 0 Å².